The van der Waals surface area contributed by atoms with Gasteiger partial charge in [0.2, 0.25) is 0 Å². The summed E-state index contributed by atoms with van der Waals surface area (Å²) in [5.41, 5.74) is 1.90. The molecule has 0 bridgehead atoms. The van der Waals surface area contributed by atoms with Crippen LogP contribution < -0.4 is 0 Å². The first-order chi connectivity index (χ1) is 9.56. The summed E-state index contributed by atoms with van der Waals surface area (Å²) in [6, 6.07) is 0. The highest BCUT2D eigenvalue weighted by molar-refractivity contribution is 6.31. The zero-order chi connectivity index (χ0) is 14.7. The van der Waals surface area contributed by atoms with Crippen LogP contribution in [0.5, 0.6) is 0 Å². The second kappa shape index (κ2) is 6.59. The predicted molar refractivity (Wildman–Crippen MR) is 77.7 cm³/mol. The highest BCUT2D eigenvalue weighted by atomic mass is 35.5. The average molecular weight is 300 g/mol. The van der Waals surface area contributed by atoms with Gasteiger partial charge in [-0.2, -0.15) is 5.10 Å². The van der Waals surface area contributed by atoms with Gasteiger partial charge in [0.25, 0.3) is 0 Å². The molecule has 1 atom stereocenters. The lowest BCUT2D eigenvalue weighted by Crippen LogP contribution is -2.39. The number of halogens is 1. The van der Waals surface area contributed by atoms with E-state index in [1.165, 1.54) is 7.11 Å². The van der Waals surface area contributed by atoms with E-state index in [1.54, 1.807) is 0 Å². The lowest BCUT2D eigenvalue weighted by molar-refractivity contribution is -0.147. The lowest BCUT2D eigenvalue weighted by atomic mass is 9.98. The van der Waals surface area contributed by atoms with Gasteiger partial charge in [0.15, 0.2) is 0 Å². The number of hydrogen-bond acceptors (Lipinski definition) is 4. The van der Waals surface area contributed by atoms with Crippen molar-refractivity contribution in [1.29, 1.82) is 0 Å². The third-order valence-electron chi connectivity index (χ3n) is 3.87. The van der Waals surface area contributed by atoms with Crippen LogP contribution >= 0.6 is 11.6 Å². The van der Waals surface area contributed by atoms with E-state index < -0.39 is 0 Å². The maximum atomic E-state index is 11.7. The minimum absolute atomic E-state index is 0.0216. The molecule has 20 heavy (non-hydrogen) atoms. The number of aryl methyl sites for hydroxylation is 2. The predicted octanol–water partition coefficient (Wildman–Crippen LogP) is 2.25. The van der Waals surface area contributed by atoms with Gasteiger partial charge in [-0.15, -0.1) is 0 Å². The number of carbonyl (C=O) groups is 1. The largest absolute Gasteiger partial charge is 0.469 e. The Kier molecular flexibility index (Phi) is 5.05. The second-order valence-electron chi connectivity index (χ2n) is 5.26. The van der Waals surface area contributed by atoms with Crippen molar-refractivity contribution in [3.05, 3.63) is 16.4 Å². The monoisotopic (exact) mass is 299 g/mol. The van der Waals surface area contributed by atoms with Crippen LogP contribution in [0.2, 0.25) is 5.02 Å². The van der Waals surface area contributed by atoms with Gasteiger partial charge in [-0.05, 0) is 33.2 Å². The molecule has 5 nitrogen and oxygen atoms in total. The Hall–Kier alpha value is -1.07. The molecule has 1 aromatic heterocycles. The van der Waals surface area contributed by atoms with E-state index in [9.17, 15) is 4.79 Å². The first-order valence-electron chi connectivity index (χ1n) is 7.08. The van der Waals surface area contributed by atoms with E-state index in [4.69, 9.17) is 16.3 Å². The summed E-state index contributed by atoms with van der Waals surface area (Å²) in [5, 5.41) is 5.17. The fourth-order valence-corrected chi connectivity index (χ4v) is 2.99. The maximum absolute atomic E-state index is 11.7. The zero-order valence-corrected chi connectivity index (χ0v) is 13.1. The molecule has 0 N–H and O–H groups in total. The third-order valence-corrected chi connectivity index (χ3v) is 4.36. The number of aromatic nitrogens is 2. The molecule has 0 amide bonds. The van der Waals surface area contributed by atoms with Crippen LogP contribution in [0.1, 0.15) is 31.2 Å². The summed E-state index contributed by atoms with van der Waals surface area (Å²) < 4.78 is 6.80. The molecule has 0 saturated carbocycles. The molecular weight excluding hydrogens is 278 g/mol. The first kappa shape index (κ1) is 15.3. The van der Waals surface area contributed by atoms with Gasteiger partial charge in [0.1, 0.15) is 0 Å². The van der Waals surface area contributed by atoms with Crippen molar-refractivity contribution >= 4 is 17.6 Å². The molecule has 2 rings (SSSR count). The van der Waals surface area contributed by atoms with Crippen LogP contribution in [0.4, 0.5) is 0 Å². The Morgan fingerprint density at radius 3 is 2.95 bits per heavy atom. The number of methoxy groups -OCH3 is 1. The molecule has 0 radical (unpaired) electrons. The normalized spacial score (nSPS) is 20.1. The fraction of sp³-hybridized carbons (Fsp3) is 0.714. The number of ether oxygens (including phenoxy) is 1. The zero-order valence-electron chi connectivity index (χ0n) is 12.4. The Labute approximate surface area is 124 Å². The van der Waals surface area contributed by atoms with Gasteiger partial charge in [0.05, 0.1) is 29.4 Å². The van der Waals surface area contributed by atoms with Crippen molar-refractivity contribution in [2.75, 3.05) is 20.2 Å². The summed E-state index contributed by atoms with van der Waals surface area (Å²) in [5.74, 6) is -0.132. The molecule has 1 fully saturated rings. The van der Waals surface area contributed by atoms with Crippen LogP contribution in [-0.4, -0.2) is 40.8 Å². The number of carbonyl (C=O) groups excluding carboxylic acids is 1. The molecule has 1 aromatic rings. The average Bonchev–Trinajstić information content (AvgIpc) is 2.74. The van der Waals surface area contributed by atoms with E-state index >= 15 is 0 Å². The van der Waals surface area contributed by atoms with Gasteiger partial charge >= 0.3 is 5.97 Å². The molecule has 0 aliphatic carbocycles. The molecule has 0 aromatic carbocycles. The molecule has 1 aliphatic heterocycles. The molecular formula is C14H22ClN3O2. The van der Waals surface area contributed by atoms with Gasteiger partial charge in [-0.1, -0.05) is 11.6 Å². The summed E-state index contributed by atoms with van der Waals surface area (Å²) in [6.45, 7) is 7.23. The van der Waals surface area contributed by atoms with Crippen LogP contribution in [0.15, 0.2) is 0 Å². The molecule has 6 heteroatoms. The van der Waals surface area contributed by atoms with Crippen LogP contribution in [-0.2, 0) is 22.6 Å². The Morgan fingerprint density at radius 1 is 1.55 bits per heavy atom. The van der Waals surface area contributed by atoms with Crippen molar-refractivity contribution in [2.45, 2.75) is 39.8 Å². The van der Waals surface area contributed by atoms with Crippen molar-refractivity contribution in [3.63, 3.8) is 0 Å². The van der Waals surface area contributed by atoms with Gasteiger partial charge in [-0.3, -0.25) is 14.4 Å². The topological polar surface area (TPSA) is 47.4 Å². The Balaban J connectivity index is 2.08. The smallest absolute Gasteiger partial charge is 0.309 e. The van der Waals surface area contributed by atoms with Crippen LogP contribution in [0, 0.1) is 12.8 Å². The SMILES string of the molecule is CCn1nc(C)c(Cl)c1CN1CCC[C@H](C(=O)OC)C1. The number of likely N-dealkylation sites (tertiary alicyclic amines) is 1. The summed E-state index contributed by atoms with van der Waals surface area (Å²) in [4.78, 5) is 13.9. The van der Waals surface area contributed by atoms with E-state index in [0.717, 1.165) is 55.4 Å². The summed E-state index contributed by atoms with van der Waals surface area (Å²) >= 11 is 6.34. The van der Waals surface area contributed by atoms with Gasteiger partial charge in [0, 0.05) is 19.6 Å². The molecule has 0 unspecified atom stereocenters. The van der Waals surface area contributed by atoms with Crippen molar-refractivity contribution in [2.24, 2.45) is 5.92 Å². The van der Waals surface area contributed by atoms with E-state index in [-0.39, 0.29) is 11.9 Å². The molecule has 112 valence electrons. The lowest BCUT2D eigenvalue weighted by Gasteiger charge is -2.31. The number of piperidine rings is 1. The van der Waals surface area contributed by atoms with Crippen molar-refractivity contribution in [1.82, 2.24) is 14.7 Å². The molecule has 1 saturated heterocycles. The molecule has 0 spiro atoms. The first-order valence-corrected chi connectivity index (χ1v) is 7.46. The second-order valence-corrected chi connectivity index (χ2v) is 5.64. The number of rotatable bonds is 4. The Bertz CT molecular complexity index is 487. The Morgan fingerprint density at radius 2 is 2.30 bits per heavy atom. The summed E-state index contributed by atoms with van der Waals surface area (Å²) in [7, 11) is 1.45. The van der Waals surface area contributed by atoms with E-state index in [1.807, 2.05) is 11.6 Å². The third kappa shape index (κ3) is 3.15. The fourth-order valence-electron chi connectivity index (χ4n) is 2.79. The standard InChI is InChI=1S/C14H22ClN3O2/c1-4-18-12(13(15)10(2)16-18)9-17-7-5-6-11(8-17)14(19)20-3/h11H,4-9H2,1-3H3/t11-/m0/s1. The van der Waals surface area contributed by atoms with Crippen LogP contribution in [0.25, 0.3) is 0 Å². The molecule has 1 aliphatic rings. The van der Waals surface area contributed by atoms with E-state index in [0.29, 0.717) is 0 Å². The summed E-state index contributed by atoms with van der Waals surface area (Å²) in [6.07, 6.45) is 1.92. The molecule has 2 heterocycles. The minimum Gasteiger partial charge on any atom is -0.469 e. The van der Waals surface area contributed by atoms with Crippen molar-refractivity contribution < 1.29 is 9.53 Å². The number of nitrogens with zero attached hydrogens (tertiary/aromatic N) is 3. The van der Waals surface area contributed by atoms with E-state index in [2.05, 4.69) is 16.9 Å². The van der Waals surface area contributed by atoms with Crippen LogP contribution in [0.3, 0.4) is 0 Å². The van der Waals surface area contributed by atoms with Gasteiger partial charge in [-0.25, -0.2) is 0 Å². The quantitative estimate of drug-likeness (QED) is 0.800. The number of esters is 1. The number of hydrogen-bond donors (Lipinski definition) is 0. The van der Waals surface area contributed by atoms with Gasteiger partial charge < -0.3 is 4.74 Å². The highest BCUT2D eigenvalue weighted by Crippen LogP contribution is 2.25. The highest BCUT2D eigenvalue weighted by Gasteiger charge is 2.27. The minimum atomic E-state index is -0.110. The van der Waals surface area contributed by atoms with Crippen molar-refractivity contribution in [3.8, 4) is 0 Å². The maximum Gasteiger partial charge on any atom is 0.309 e.